The van der Waals surface area contributed by atoms with Gasteiger partial charge in [-0.05, 0) is 25.8 Å². The lowest BCUT2D eigenvalue weighted by Gasteiger charge is -2.32. The van der Waals surface area contributed by atoms with Crippen molar-refractivity contribution in [3.05, 3.63) is 24.3 Å². The van der Waals surface area contributed by atoms with Crippen molar-refractivity contribution in [3.63, 3.8) is 0 Å². The Bertz CT molecular complexity index is 456. The van der Waals surface area contributed by atoms with Gasteiger partial charge in [0.2, 0.25) is 0 Å². The van der Waals surface area contributed by atoms with E-state index < -0.39 is 17.4 Å². The number of hydrogen-bond donors (Lipinski definition) is 0. The number of carbonyl (C=O) groups excluding carboxylic acids is 2. The van der Waals surface area contributed by atoms with E-state index in [4.69, 9.17) is 9.47 Å². The lowest BCUT2D eigenvalue weighted by Crippen LogP contribution is -2.48. The molecule has 0 bridgehead atoms. The summed E-state index contributed by atoms with van der Waals surface area (Å²) in [5.41, 5.74) is -1.42. The van der Waals surface area contributed by atoms with Crippen LogP contribution in [0.25, 0.3) is 0 Å². The van der Waals surface area contributed by atoms with Crippen molar-refractivity contribution in [1.29, 1.82) is 0 Å². The lowest BCUT2D eigenvalue weighted by atomic mass is 9.74. The Balaban J connectivity index is 3.23. The van der Waals surface area contributed by atoms with Crippen LogP contribution in [-0.4, -0.2) is 35.1 Å². The second kappa shape index (κ2) is 7.71. The molecule has 0 aliphatic carbocycles. The third kappa shape index (κ3) is 3.77. The zero-order valence-corrected chi connectivity index (χ0v) is 13.0. The monoisotopic (exact) mass is 294 g/mol. The molecule has 1 rings (SSSR count). The van der Waals surface area contributed by atoms with Gasteiger partial charge in [-0.1, -0.05) is 13.8 Å². The van der Waals surface area contributed by atoms with Crippen LogP contribution in [0.3, 0.4) is 0 Å². The summed E-state index contributed by atoms with van der Waals surface area (Å²) in [5.74, 6) is -1.08. The van der Waals surface area contributed by atoms with E-state index in [0.29, 0.717) is 5.82 Å². The summed E-state index contributed by atoms with van der Waals surface area (Å²) in [5, 5.41) is 0. The highest BCUT2D eigenvalue weighted by Gasteiger charge is 2.52. The van der Waals surface area contributed by atoms with E-state index in [1.165, 1.54) is 0 Å². The number of rotatable bonds is 7. The largest absolute Gasteiger partial charge is 0.465 e. The van der Waals surface area contributed by atoms with Crippen molar-refractivity contribution in [2.45, 2.75) is 34.1 Å². The summed E-state index contributed by atoms with van der Waals surface area (Å²) in [7, 11) is 0. The first-order chi connectivity index (χ1) is 9.98. The second-order valence-electron chi connectivity index (χ2n) is 4.91. The van der Waals surface area contributed by atoms with Gasteiger partial charge in [-0.3, -0.25) is 9.59 Å². The van der Waals surface area contributed by atoms with Gasteiger partial charge in [0, 0.05) is 18.8 Å². The molecule has 21 heavy (non-hydrogen) atoms. The fourth-order valence-corrected chi connectivity index (χ4v) is 2.09. The maximum absolute atomic E-state index is 12.4. The molecule has 0 saturated heterocycles. The number of hydrogen-bond acceptors (Lipinski definition) is 6. The number of esters is 2. The van der Waals surface area contributed by atoms with Gasteiger partial charge in [0.15, 0.2) is 5.41 Å². The van der Waals surface area contributed by atoms with Crippen LogP contribution in [0.1, 0.15) is 33.5 Å². The molecule has 0 unspecified atom stereocenters. The van der Waals surface area contributed by atoms with Crippen molar-refractivity contribution < 1.29 is 19.1 Å². The van der Waals surface area contributed by atoms with Crippen LogP contribution >= 0.6 is 0 Å². The van der Waals surface area contributed by atoms with Gasteiger partial charge < -0.3 is 9.47 Å². The molecule has 0 saturated carbocycles. The molecular weight excluding hydrogens is 272 g/mol. The summed E-state index contributed by atoms with van der Waals surface area (Å²) in [6.07, 6.45) is 3.20. The summed E-state index contributed by atoms with van der Waals surface area (Å²) in [6, 6.07) is 1.68. The van der Waals surface area contributed by atoms with Crippen molar-refractivity contribution >= 4 is 11.9 Å². The molecule has 0 atom stereocenters. The van der Waals surface area contributed by atoms with Crippen LogP contribution < -0.4 is 0 Å². The maximum Gasteiger partial charge on any atom is 0.324 e. The number of nitrogens with zero attached hydrogens (tertiary/aromatic N) is 2. The molecule has 0 spiro atoms. The second-order valence-corrected chi connectivity index (χ2v) is 4.91. The standard InChI is InChI=1S/C15H22N2O4/c1-5-20-13(18)15(11(3)4,14(19)21-6-2)10-12-16-8-7-9-17-12/h7-9,11H,5-6,10H2,1-4H3. The SMILES string of the molecule is CCOC(=O)C(Cc1ncccn1)(C(=O)OCC)C(C)C. The minimum absolute atomic E-state index is 0.0587. The first-order valence-electron chi connectivity index (χ1n) is 7.09. The quantitative estimate of drug-likeness (QED) is 0.563. The van der Waals surface area contributed by atoms with Gasteiger partial charge in [-0.2, -0.15) is 0 Å². The minimum Gasteiger partial charge on any atom is -0.465 e. The number of carbonyl (C=O) groups is 2. The first kappa shape index (κ1) is 17.1. The van der Waals surface area contributed by atoms with Crippen LogP contribution in [0.4, 0.5) is 0 Å². The number of ether oxygens (including phenoxy) is 2. The Kier molecular flexibility index (Phi) is 6.27. The van der Waals surface area contributed by atoms with E-state index >= 15 is 0 Å². The minimum atomic E-state index is -1.42. The first-order valence-corrected chi connectivity index (χ1v) is 7.09. The molecule has 0 radical (unpaired) electrons. The Morgan fingerprint density at radius 3 is 1.95 bits per heavy atom. The summed E-state index contributed by atoms with van der Waals surface area (Å²) in [4.78, 5) is 33.1. The Labute approximate surface area is 124 Å². The summed E-state index contributed by atoms with van der Waals surface area (Å²) >= 11 is 0. The van der Waals surface area contributed by atoms with Crippen molar-refractivity contribution in [2.75, 3.05) is 13.2 Å². The van der Waals surface area contributed by atoms with Crippen LogP contribution in [0.5, 0.6) is 0 Å². The zero-order chi connectivity index (χ0) is 15.9. The average Bonchev–Trinajstić information content (AvgIpc) is 2.45. The van der Waals surface area contributed by atoms with Crippen molar-refractivity contribution in [2.24, 2.45) is 11.3 Å². The topological polar surface area (TPSA) is 78.4 Å². The molecule has 0 aromatic carbocycles. The summed E-state index contributed by atoms with van der Waals surface area (Å²) < 4.78 is 10.2. The molecule has 0 aliphatic rings. The van der Waals surface area contributed by atoms with Crippen molar-refractivity contribution in [1.82, 2.24) is 9.97 Å². The predicted molar refractivity (Wildman–Crippen MR) is 76.3 cm³/mol. The van der Waals surface area contributed by atoms with E-state index in [1.807, 2.05) is 0 Å². The molecule has 6 nitrogen and oxygen atoms in total. The van der Waals surface area contributed by atoms with Crippen LogP contribution in [0.2, 0.25) is 0 Å². The predicted octanol–water partition coefficient (Wildman–Crippen LogP) is 1.79. The maximum atomic E-state index is 12.4. The highest BCUT2D eigenvalue weighted by molar-refractivity contribution is 6.00. The van der Waals surface area contributed by atoms with Gasteiger partial charge in [0.05, 0.1) is 13.2 Å². The molecule has 0 aliphatic heterocycles. The Morgan fingerprint density at radius 2 is 1.57 bits per heavy atom. The molecular formula is C15H22N2O4. The van der Waals surface area contributed by atoms with Gasteiger partial charge in [-0.25, -0.2) is 9.97 Å². The summed E-state index contributed by atoms with van der Waals surface area (Å²) in [6.45, 7) is 7.37. The van der Waals surface area contributed by atoms with Crippen LogP contribution in [0.15, 0.2) is 18.5 Å². The lowest BCUT2D eigenvalue weighted by molar-refractivity contribution is -0.176. The third-order valence-electron chi connectivity index (χ3n) is 3.32. The fourth-order valence-electron chi connectivity index (χ4n) is 2.09. The van der Waals surface area contributed by atoms with E-state index in [-0.39, 0.29) is 25.6 Å². The van der Waals surface area contributed by atoms with E-state index in [2.05, 4.69) is 9.97 Å². The van der Waals surface area contributed by atoms with E-state index in [9.17, 15) is 9.59 Å². The molecule has 0 amide bonds. The zero-order valence-electron chi connectivity index (χ0n) is 13.0. The molecule has 116 valence electrons. The highest BCUT2D eigenvalue weighted by Crippen LogP contribution is 2.34. The van der Waals surface area contributed by atoms with Gasteiger partial charge >= 0.3 is 11.9 Å². The highest BCUT2D eigenvalue weighted by atomic mass is 16.6. The molecule has 1 heterocycles. The van der Waals surface area contributed by atoms with E-state index in [0.717, 1.165) is 0 Å². The Hall–Kier alpha value is -1.98. The van der Waals surface area contributed by atoms with Crippen LogP contribution in [-0.2, 0) is 25.5 Å². The smallest absolute Gasteiger partial charge is 0.324 e. The molecule has 1 aromatic rings. The molecule has 0 N–H and O–H groups in total. The molecule has 6 heteroatoms. The van der Waals surface area contributed by atoms with Gasteiger partial charge in [0.25, 0.3) is 0 Å². The fraction of sp³-hybridized carbons (Fsp3) is 0.600. The van der Waals surface area contributed by atoms with Crippen LogP contribution in [0, 0.1) is 11.3 Å². The Morgan fingerprint density at radius 1 is 1.10 bits per heavy atom. The van der Waals surface area contributed by atoms with Crippen molar-refractivity contribution in [3.8, 4) is 0 Å². The molecule has 1 aromatic heterocycles. The van der Waals surface area contributed by atoms with Gasteiger partial charge in [0.1, 0.15) is 5.82 Å². The van der Waals surface area contributed by atoms with E-state index in [1.54, 1.807) is 46.2 Å². The average molecular weight is 294 g/mol. The number of aromatic nitrogens is 2. The third-order valence-corrected chi connectivity index (χ3v) is 3.32. The normalized spacial score (nSPS) is 11.3. The molecule has 0 fully saturated rings. The van der Waals surface area contributed by atoms with Gasteiger partial charge in [-0.15, -0.1) is 0 Å².